The predicted octanol–water partition coefficient (Wildman–Crippen LogP) is 6.69. The largest absolute Gasteiger partial charge is 0.277 e. The van der Waals surface area contributed by atoms with Crippen molar-refractivity contribution in [1.29, 1.82) is 0 Å². The number of para-hydroxylation sites is 2. The molecule has 0 aliphatic rings. The molecule has 0 fully saturated rings. The van der Waals surface area contributed by atoms with Crippen LogP contribution in [0, 0.1) is 0 Å². The molecule has 0 aliphatic heterocycles. The Balaban J connectivity index is 1.92. The number of imidazole rings is 2. The van der Waals surface area contributed by atoms with Gasteiger partial charge in [-0.2, -0.15) is 0 Å². The average Bonchev–Trinajstić information content (AvgIpc) is 3.31. The van der Waals surface area contributed by atoms with Gasteiger partial charge in [-0.05, 0) is 59.4 Å². The first-order valence-electron chi connectivity index (χ1n) is 10.7. The number of hydrogen-bond donors (Lipinski definition) is 0. The Labute approximate surface area is 174 Å². The van der Waals surface area contributed by atoms with Gasteiger partial charge in [-0.25, -0.2) is 9.97 Å². The van der Waals surface area contributed by atoms with Crippen molar-refractivity contribution in [2.45, 2.75) is 39.5 Å². The summed E-state index contributed by atoms with van der Waals surface area (Å²) in [4.78, 5) is 10.1. The molecule has 6 rings (SSSR count). The summed E-state index contributed by atoms with van der Waals surface area (Å²) >= 11 is 0. The Morgan fingerprint density at radius 3 is 2.13 bits per heavy atom. The Hall–Kier alpha value is -3.40. The molecule has 0 saturated carbocycles. The third kappa shape index (κ3) is 2.28. The maximum atomic E-state index is 5.06. The van der Waals surface area contributed by atoms with Crippen LogP contribution in [-0.4, -0.2) is 18.8 Å². The zero-order valence-electron chi connectivity index (χ0n) is 17.7. The van der Waals surface area contributed by atoms with Crippen LogP contribution in [0.5, 0.6) is 0 Å². The topological polar surface area (TPSA) is 34.6 Å². The van der Waals surface area contributed by atoms with Gasteiger partial charge in [0.25, 0.3) is 0 Å². The van der Waals surface area contributed by atoms with E-state index in [1.165, 1.54) is 16.5 Å². The van der Waals surface area contributed by atoms with Crippen molar-refractivity contribution in [2.75, 3.05) is 0 Å². The second-order valence-corrected chi connectivity index (χ2v) is 8.84. The van der Waals surface area contributed by atoms with E-state index in [4.69, 9.17) is 9.97 Å². The molecule has 0 aliphatic carbocycles. The molecule has 0 radical (unpaired) electrons. The molecule has 0 spiro atoms. The van der Waals surface area contributed by atoms with E-state index in [-0.39, 0.29) is 0 Å². The van der Waals surface area contributed by atoms with Gasteiger partial charge in [0.15, 0.2) is 0 Å². The number of hydrogen-bond acceptors (Lipinski definition) is 2. The molecule has 0 unspecified atom stereocenters. The van der Waals surface area contributed by atoms with Crippen LogP contribution in [-0.2, 0) is 0 Å². The predicted molar refractivity (Wildman–Crippen MR) is 125 cm³/mol. The molecule has 0 bridgehead atoms. The highest BCUT2D eigenvalue weighted by molar-refractivity contribution is 6.01. The van der Waals surface area contributed by atoms with Gasteiger partial charge in [-0.15, -0.1) is 0 Å². The minimum Gasteiger partial charge on any atom is -0.277 e. The summed E-state index contributed by atoms with van der Waals surface area (Å²) in [5, 5.41) is 1.17. The molecule has 148 valence electrons. The van der Waals surface area contributed by atoms with E-state index in [2.05, 4.69) is 91.1 Å². The molecule has 30 heavy (non-hydrogen) atoms. The summed E-state index contributed by atoms with van der Waals surface area (Å²) in [7, 11) is 0. The van der Waals surface area contributed by atoms with Gasteiger partial charge in [0.05, 0.1) is 27.6 Å². The summed E-state index contributed by atoms with van der Waals surface area (Å²) in [6.45, 7) is 8.94. The van der Waals surface area contributed by atoms with Gasteiger partial charge in [0.2, 0.25) is 5.78 Å². The SMILES string of the molecule is CC(C)c1ccc2c(c1)c1nc3ccccc3n1c1nc3ccc(C(C)C)cc3n21. The molecule has 0 atom stereocenters. The standard InChI is InChI=1S/C26H24N4/c1-15(2)17-10-12-22-19(13-17)25-27-20-7-5-6-8-23(20)30(25)26-28-21-11-9-18(16(3)4)14-24(21)29(22)26/h5-16H,1-4H3. The molecule has 3 aromatic carbocycles. The quantitative estimate of drug-likeness (QED) is 0.329. The van der Waals surface area contributed by atoms with Crippen molar-refractivity contribution in [3.8, 4) is 0 Å². The number of fused-ring (bicyclic) bond motifs is 10. The van der Waals surface area contributed by atoms with E-state index in [9.17, 15) is 0 Å². The van der Waals surface area contributed by atoms with Crippen molar-refractivity contribution in [1.82, 2.24) is 18.8 Å². The first-order valence-corrected chi connectivity index (χ1v) is 10.7. The van der Waals surface area contributed by atoms with Crippen LogP contribution in [0.15, 0.2) is 60.7 Å². The first kappa shape index (κ1) is 17.5. The smallest absolute Gasteiger partial charge is 0.221 e. The summed E-state index contributed by atoms with van der Waals surface area (Å²) in [5.41, 5.74) is 9.03. The van der Waals surface area contributed by atoms with E-state index in [1.807, 2.05) is 6.07 Å². The lowest BCUT2D eigenvalue weighted by molar-refractivity contribution is 0.867. The van der Waals surface area contributed by atoms with Gasteiger partial charge in [0.1, 0.15) is 5.65 Å². The summed E-state index contributed by atoms with van der Waals surface area (Å²) in [6.07, 6.45) is 0. The lowest BCUT2D eigenvalue weighted by Crippen LogP contribution is -1.99. The fraction of sp³-hybridized carbons (Fsp3) is 0.231. The highest BCUT2D eigenvalue weighted by Crippen LogP contribution is 2.32. The maximum absolute atomic E-state index is 5.06. The highest BCUT2D eigenvalue weighted by atomic mass is 15.2. The van der Waals surface area contributed by atoms with Gasteiger partial charge in [0, 0.05) is 5.39 Å². The van der Waals surface area contributed by atoms with Crippen molar-refractivity contribution >= 4 is 44.4 Å². The summed E-state index contributed by atoms with van der Waals surface area (Å²) < 4.78 is 4.53. The lowest BCUT2D eigenvalue weighted by Gasteiger charge is -2.11. The van der Waals surface area contributed by atoms with Crippen LogP contribution in [0.1, 0.15) is 50.7 Å². The zero-order chi connectivity index (χ0) is 20.6. The maximum Gasteiger partial charge on any atom is 0.221 e. The van der Waals surface area contributed by atoms with Gasteiger partial charge < -0.3 is 0 Å². The van der Waals surface area contributed by atoms with Crippen LogP contribution in [0.3, 0.4) is 0 Å². The minimum atomic E-state index is 0.460. The van der Waals surface area contributed by atoms with Crippen molar-refractivity contribution < 1.29 is 0 Å². The molecule has 3 aromatic heterocycles. The normalized spacial score (nSPS) is 12.6. The van der Waals surface area contributed by atoms with E-state index in [1.54, 1.807) is 0 Å². The number of rotatable bonds is 2. The molecule has 0 N–H and O–H groups in total. The fourth-order valence-electron chi connectivity index (χ4n) is 4.52. The molecule has 3 heterocycles. The third-order valence-electron chi connectivity index (χ3n) is 6.26. The lowest BCUT2D eigenvalue weighted by atomic mass is 10.0. The van der Waals surface area contributed by atoms with E-state index < -0.39 is 0 Å². The van der Waals surface area contributed by atoms with Crippen molar-refractivity contribution in [3.63, 3.8) is 0 Å². The van der Waals surface area contributed by atoms with Crippen LogP contribution < -0.4 is 0 Å². The number of aromatic nitrogens is 4. The van der Waals surface area contributed by atoms with Crippen molar-refractivity contribution in [2.24, 2.45) is 0 Å². The number of nitrogens with zero attached hydrogens (tertiary/aromatic N) is 4. The summed E-state index contributed by atoms with van der Waals surface area (Å²) in [5.74, 6) is 1.84. The average molecular weight is 393 g/mol. The van der Waals surface area contributed by atoms with E-state index in [0.717, 1.165) is 39.0 Å². The van der Waals surface area contributed by atoms with Crippen molar-refractivity contribution in [3.05, 3.63) is 71.8 Å². The second-order valence-electron chi connectivity index (χ2n) is 8.84. The first-order chi connectivity index (χ1) is 14.5. The molecular weight excluding hydrogens is 368 g/mol. The van der Waals surface area contributed by atoms with Gasteiger partial charge in [-0.1, -0.05) is 52.0 Å². The third-order valence-corrected chi connectivity index (χ3v) is 6.26. The fourth-order valence-corrected chi connectivity index (χ4v) is 4.52. The zero-order valence-corrected chi connectivity index (χ0v) is 17.7. The van der Waals surface area contributed by atoms with Crippen LogP contribution in [0.4, 0.5) is 0 Å². The van der Waals surface area contributed by atoms with Gasteiger partial charge >= 0.3 is 0 Å². The molecule has 0 saturated heterocycles. The van der Waals surface area contributed by atoms with E-state index >= 15 is 0 Å². The highest BCUT2D eigenvalue weighted by Gasteiger charge is 2.18. The Bertz CT molecular complexity index is 1600. The molecule has 4 nitrogen and oxygen atoms in total. The van der Waals surface area contributed by atoms with E-state index in [0.29, 0.717) is 11.8 Å². The molecule has 0 amide bonds. The minimum absolute atomic E-state index is 0.460. The van der Waals surface area contributed by atoms with Gasteiger partial charge in [-0.3, -0.25) is 8.80 Å². The molecule has 6 aromatic rings. The molecular formula is C26H24N4. The number of benzene rings is 3. The molecule has 4 heteroatoms. The van der Waals surface area contributed by atoms with Crippen LogP contribution in [0.25, 0.3) is 44.4 Å². The van der Waals surface area contributed by atoms with Crippen LogP contribution >= 0.6 is 0 Å². The monoisotopic (exact) mass is 392 g/mol. The summed E-state index contributed by atoms with van der Waals surface area (Å²) in [6, 6.07) is 21.7. The Kier molecular flexibility index (Phi) is 3.52. The Morgan fingerprint density at radius 1 is 0.633 bits per heavy atom. The second kappa shape index (κ2) is 6.05. The van der Waals surface area contributed by atoms with Crippen LogP contribution in [0.2, 0.25) is 0 Å². The Morgan fingerprint density at radius 2 is 1.33 bits per heavy atom.